The highest BCUT2D eigenvalue weighted by atomic mass is 32.1. The van der Waals surface area contributed by atoms with Crippen LogP contribution in [0.25, 0.3) is 0 Å². The Kier molecular flexibility index (Phi) is 4.55. The van der Waals surface area contributed by atoms with Crippen molar-refractivity contribution in [2.75, 3.05) is 0 Å². The summed E-state index contributed by atoms with van der Waals surface area (Å²) in [6.45, 7) is 8.51. The topological polar surface area (TPSA) is 21.6 Å². The molecule has 0 saturated carbocycles. The fourth-order valence-corrected chi connectivity index (χ4v) is 3.20. The van der Waals surface area contributed by atoms with Gasteiger partial charge in [0, 0.05) is 11.1 Å². The number of nitrogens with zero attached hydrogens (tertiary/aromatic N) is 1. The van der Waals surface area contributed by atoms with E-state index in [9.17, 15) is 0 Å². The molecule has 2 aromatic rings. The molecule has 0 aliphatic heterocycles. The molecule has 1 aromatic heterocycles. The van der Waals surface area contributed by atoms with Crippen molar-refractivity contribution in [2.24, 2.45) is 4.99 Å². The lowest BCUT2D eigenvalue weighted by molar-refractivity contribution is 0.581. The molecule has 0 fully saturated rings. The second-order valence-electron chi connectivity index (χ2n) is 4.86. The molecule has 0 aliphatic carbocycles. The van der Waals surface area contributed by atoms with Gasteiger partial charge < -0.3 is 4.43 Å². The van der Waals surface area contributed by atoms with E-state index in [1.165, 1.54) is 16.0 Å². The Hall–Kier alpha value is -1.39. The smallest absolute Gasteiger partial charge is 0.229 e. The fourth-order valence-electron chi connectivity index (χ4n) is 1.72. The van der Waals surface area contributed by atoms with E-state index in [4.69, 9.17) is 4.43 Å². The van der Waals surface area contributed by atoms with Crippen molar-refractivity contribution in [3.63, 3.8) is 0 Å². The largest absolute Gasteiger partial charge is 0.546 e. The maximum Gasteiger partial charge on any atom is 0.229 e. The van der Waals surface area contributed by atoms with Crippen molar-refractivity contribution in [1.82, 2.24) is 0 Å². The summed E-state index contributed by atoms with van der Waals surface area (Å²) >= 11 is 1.71. The van der Waals surface area contributed by atoms with Gasteiger partial charge in [0.25, 0.3) is 0 Å². The van der Waals surface area contributed by atoms with E-state index in [0.717, 1.165) is 11.4 Å². The number of hydrogen-bond acceptors (Lipinski definition) is 3. The summed E-state index contributed by atoms with van der Waals surface area (Å²) in [5.74, 6) is 0.909. The van der Waals surface area contributed by atoms with E-state index in [1.807, 2.05) is 12.3 Å². The Balaban J connectivity index is 2.29. The van der Waals surface area contributed by atoms with E-state index >= 15 is 0 Å². The van der Waals surface area contributed by atoms with Gasteiger partial charge in [-0.3, -0.25) is 4.99 Å². The third-order valence-corrected chi connectivity index (χ3v) is 4.38. The molecule has 0 unspecified atom stereocenters. The normalized spacial score (nSPS) is 11.4. The van der Waals surface area contributed by atoms with Gasteiger partial charge in [-0.2, -0.15) is 0 Å². The zero-order chi connectivity index (χ0) is 13.8. The van der Waals surface area contributed by atoms with Gasteiger partial charge in [-0.05, 0) is 61.6 Å². The first-order valence-corrected chi connectivity index (χ1v) is 10.1. The average molecular weight is 289 g/mol. The number of hydrogen-bond donors (Lipinski definition) is 0. The van der Waals surface area contributed by atoms with Crippen LogP contribution in [0.15, 0.2) is 34.6 Å². The monoisotopic (exact) mass is 289 g/mol. The minimum absolute atomic E-state index is 0.909. The molecule has 1 aromatic carbocycles. The van der Waals surface area contributed by atoms with Crippen LogP contribution in [0.3, 0.4) is 0 Å². The van der Waals surface area contributed by atoms with Crippen molar-refractivity contribution < 1.29 is 4.43 Å². The second kappa shape index (κ2) is 6.17. The Morgan fingerprint density at radius 1 is 1.21 bits per heavy atom. The van der Waals surface area contributed by atoms with Crippen LogP contribution in [0.5, 0.6) is 5.75 Å². The molecular formula is C15H19NOSSi. The number of rotatable bonds is 4. The van der Waals surface area contributed by atoms with Crippen molar-refractivity contribution in [1.29, 1.82) is 0 Å². The van der Waals surface area contributed by atoms with Gasteiger partial charge in [0.2, 0.25) is 9.04 Å². The van der Waals surface area contributed by atoms with Gasteiger partial charge in [0.1, 0.15) is 11.4 Å². The lowest BCUT2D eigenvalue weighted by atomic mass is 10.2. The number of benzene rings is 1. The van der Waals surface area contributed by atoms with Gasteiger partial charge in [0.15, 0.2) is 0 Å². The van der Waals surface area contributed by atoms with E-state index in [-0.39, 0.29) is 0 Å². The van der Waals surface area contributed by atoms with E-state index in [2.05, 4.69) is 55.5 Å². The zero-order valence-electron chi connectivity index (χ0n) is 11.8. The second-order valence-corrected chi connectivity index (χ2v) is 8.14. The molecule has 0 saturated heterocycles. The van der Waals surface area contributed by atoms with Crippen LogP contribution in [0.1, 0.15) is 16.0 Å². The zero-order valence-corrected chi connectivity index (χ0v) is 13.8. The molecule has 4 heteroatoms. The Labute approximate surface area is 120 Å². The maximum atomic E-state index is 5.95. The summed E-state index contributed by atoms with van der Waals surface area (Å²) < 4.78 is 5.95. The van der Waals surface area contributed by atoms with Gasteiger partial charge in [-0.15, -0.1) is 11.3 Å². The van der Waals surface area contributed by atoms with Gasteiger partial charge >= 0.3 is 0 Å². The summed E-state index contributed by atoms with van der Waals surface area (Å²) in [5, 5.41) is 2.09. The summed E-state index contributed by atoms with van der Waals surface area (Å²) in [4.78, 5) is 5.79. The van der Waals surface area contributed by atoms with Crippen LogP contribution < -0.4 is 4.43 Å². The molecule has 100 valence electrons. The summed E-state index contributed by atoms with van der Waals surface area (Å²) in [6.07, 6.45) is 1.93. The van der Waals surface area contributed by atoms with Crippen molar-refractivity contribution in [3.05, 3.63) is 45.6 Å². The maximum absolute atomic E-state index is 5.95. The standard InChI is InChI=1S/C15H19NOSSi/c1-11-5-6-13(14(9-11)17-19(3)4)16-10-15-12(2)7-8-18-15/h5-10,19H,1-4H3. The van der Waals surface area contributed by atoms with Crippen molar-refractivity contribution >= 4 is 32.3 Å². The minimum Gasteiger partial charge on any atom is -0.546 e. The molecule has 0 bridgehead atoms. The summed E-state index contributed by atoms with van der Waals surface area (Å²) in [7, 11) is -1.11. The molecule has 2 nitrogen and oxygen atoms in total. The summed E-state index contributed by atoms with van der Waals surface area (Å²) in [5.41, 5.74) is 3.39. The highest BCUT2D eigenvalue weighted by molar-refractivity contribution is 7.11. The van der Waals surface area contributed by atoms with Crippen LogP contribution in [0.4, 0.5) is 5.69 Å². The SMILES string of the molecule is Cc1ccc(N=Cc2sccc2C)c(O[SiH](C)C)c1. The van der Waals surface area contributed by atoms with Crippen LogP contribution in [0, 0.1) is 13.8 Å². The molecule has 0 spiro atoms. The van der Waals surface area contributed by atoms with Crippen molar-refractivity contribution in [2.45, 2.75) is 26.9 Å². The molecular weight excluding hydrogens is 270 g/mol. The molecule has 1 heterocycles. The molecule has 0 aliphatic rings. The van der Waals surface area contributed by atoms with Gasteiger partial charge in [0.05, 0.1) is 0 Å². The minimum atomic E-state index is -1.11. The number of aliphatic imine (C=N–C) groups is 1. The molecule has 19 heavy (non-hydrogen) atoms. The van der Waals surface area contributed by atoms with E-state index < -0.39 is 9.04 Å². The lowest BCUT2D eigenvalue weighted by Crippen LogP contribution is -2.11. The highest BCUT2D eigenvalue weighted by Crippen LogP contribution is 2.29. The molecule has 0 atom stereocenters. The fraction of sp³-hybridized carbons (Fsp3) is 0.267. The molecule has 0 amide bonds. The number of thiophene rings is 1. The van der Waals surface area contributed by atoms with Crippen LogP contribution >= 0.6 is 11.3 Å². The van der Waals surface area contributed by atoms with Crippen LogP contribution in [0.2, 0.25) is 13.1 Å². The molecule has 0 N–H and O–H groups in total. The Bertz CT molecular complexity index is 590. The third kappa shape index (κ3) is 3.78. The molecule has 2 rings (SSSR count). The quantitative estimate of drug-likeness (QED) is 0.601. The Morgan fingerprint density at radius 3 is 2.63 bits per heavy atom. The highest BCUT2D eigenvalue weighted by Gasteiger charge is 2.06. The van der Waals surface area contributed by atoms with Crippen molar-refractivity contribution in [3.8, 4) is 5.75 Å². The molecule has 0 radical (unpaired) electrons. The number of aryl methyl sites for hydroxylation is 2. The first kappa shape index (κ1) is 14.0. The lowest BCUT2D eigenvalue weighted by Gasteiger charge is -2.12. The van der Waals surface area contributed by atoms with Crippen LogP contribution in [-0.2, 0) is 0 Å². The first-order valence-electron chi connectivity index (χ1n) is 6.41. The van der Waals surface area contributed by atoms with Gasteiger partial charge in [-0.25, -0.2) is 0 Å². The predicted octanol–water partition coefficient (Wildman–Crippen LogP) is 4.48. The average Bonchev–Trinajstić information content (AvgIpc) is 2.73. The first-order chi connectivity index (χ1) is 9.06. The van der Waals surface area contributed by atoms with E-state index in [0.29, 0.717) is 0 Å². The third-order valence-electron chi connectivity index (χ3n) is 2.70. The predicted molar refractivity (Wildman–Crippen MR) is 87.0 cm³/mol. The van der Waals surface area contributed by atoms with Crippen LogP contribution in [-0.4, -0.2) is 15.3 Å². The van der Waals surface area contributed by atoms with E-state index in [1.54, 1.807) is 11.3 Å². The van der Waals surface area contributed by atoms with Gasteiger partial charge in [-0.1, -0.05) is 6.07 Å². The summed E-state index contributed by atoms with van der Waals surface area (Å²) in [6, 6.07) is 8.28. The Morgan fingerprint density at radius 2 is 2.00 bits per heavy atom.